The average molecular weight is 399 g/mol. The van der Waals surface area contributed by atoms with Crippen LogP contribution >= 0.6 is 0 Å². The van der Waals surface area contributed by atoms with Crippen LogP contribution in [0.15, 0.2) is 30.3 Å². The molecule has 1 aliphatic heterocycles. The Morgan fingerprint density at radius 3 is 2.37 bits per heavy atom. The molecular formula is C20H34O6Si. The normalized spacial score (nSPS) is 30.3. The number of methoxy groups -OCH3 is 1. The molecule has 0 aliphatic carbocycles. The first kappa shape index (κ1) is 22.5. The fourth-order valence-electron chi connectivity index (χ4n) is 3.18. The second-order valence-corrected chi connectivity index (χ2v) is 13.9. The zero-order valence-corrected chi connectivity index (χ0v) is 18.0. The molecule has 0 radical (unpaired) electrons. The van der Waals surface area contributed by atoms with Crippen LogP contribution in [0.1, 0.15) is 18.6 Å². The SMILES string of the molecule is CO[C@H]1[C@H](O)[C@@H]([C@H](OCOCC[Si](C)(C)C)c2ccccc2)O[C@H](C)[C@H]1O. The minimum Gasteiger partial charge on any atom is -0.388 e. The van der Waals surface area contributed by atoms with Gasteiger partial charge in [0.1, 0.15) is 37.3 Å². The van der Waals surface area contributed by atoms with E-state index in [0.29, 0.717) is 6.61 Å². The van der Waals surface area contributed by atoms with E-state index in [9.17, 15) is 10.2 Å². The van der Waals surface area contributed by atoms with Crippen LogP contribution in [0.25, 0.3) is 0 Å². The molecule has 0 saturated carbocycles. The Morgan fingerprint density at radius 1 is 1.11 bits per heavy atom. The zero-order valence-electron chi connectivity index (χ0n) is 17.0. The smallest absolute Gasteiger partial charge is 0.147 e. The maximum Gasteiger partial charge on any atom is 0.147 e. The quantitative estimate of drug-likeness (QED) is 0.378. The monoisotopic (exact) mass is 398 g/mol. The van der Waals surface area contributed by atoms with Crippen molar-refractivity contribution in [1.82, 2.24) is 0 Å². The van der Waals surface area contributed by atoms with Gasteiger partial charge in [0.25, 0.3) is 0 Å². The summed E-state index contributed by atoms with van der Waals surface area (Å²) < 4.78 is 22.9. The van der Waals surface area contributed by atoms with E-state index >= 15 is 0 Å². The summed E-state index contributed by atoms with van der Waals surface area (Å²) >= 11 is 0. The highest BCUT2D eigenvalue weighted by Gasteiger charge is 2.46. The fourth-order valence-corrected chi connectivity index (χ4v) is 3.93. The molecule has 1 saturated heterocycles. The van der Waals surface area contributed by atoms with E-state index in [0.717, 1.165) is 11.6 Å². The van der Waals surface area contributed by atoms with E-state index < -0.39 is 44.7 Å². The topological polar surface area (TPSA) is 77.4 Å². The second-order valence-electron chi connectivity index (χ2n) is 8.32. The van der Waals surface area contributed by atoms with E-state index in [4.69, 9.17) is 18.9 Å². The van der Waals surface area contributed by atoms with Gasteiger partial charge < -0.3 is 29.2 Å². The Hall–Kier alpha value is -0.803. The van der Waals surface area contributed by atoms with Crippen molar-refractivity contribution < 1.29 is 29.2 Å². The molecule has 6 atom stereocenters. The third kappa shape index (κ3) is 6.35. The van der Waals surface area contributed by atoms with Crippen molar-refractivity contribution in [3.8, 4) is 0 Å². The number of rotatable bonds is 9. The molecule has 1 aromatic carbocycles. The first-order chi connectivity index (χ1) is 12.7. The Labute approximate surface area is 163 Å². The van der Waals surface area contributed by atoms with Crippen molar-refractivity contribution in [1.29, 1.82) is 0 Å². The second kappa shape index (κ2) is 10.1. The minimum absolute atomic E-state index is 0.116. The van der Waals surface area contributed by atoms with Crippen molar-refractivity contribution in [3.63, 3.8) is 0 Å². The first-order valence-electron chi connectivity index (χ1n) is 9.53. The number of aliphatic hydroxyl groups excluding tert-OH is 2. The van der Waals surface area contributed by atoms with Crippen molar-refractivity contribution in [3.05, 3.63) is 35.9 Å². The van der Waals surface area contributed by atoms with Gasteiger partial charge in [0.05, 0.1) is 6.10 Å². The number of aliphatic hydroxyl groups is 2. The predicted molar refractivity (Wildman–Crippen MR) is 106 cm³/mol. The Kier molecular flexibility index (Phi) is 8.42. The summed E-state index contributed by atoms with van der Waals surface area (Å²) in [6, 6.07) is 10.7. The van der Waals surface area contributed by atoms with Crippen LogP contribution in [0.2, 0.25) is 25.7 Å². The third-order valence-corrected chi connectivity index (χ3v) is 6.59. The van der Waals surface area contributed by atoms with Crippen molar-refractivity contribution >= 4 is 8.07 Å². The molecule has 0 amide bonds. The summed E-state index contributed by atoms with van der Waals surface area (Å²) in [6.45, 7) is 9.43. The van der Waals surface area contributed by atoms with E-state index in [-0.39, 0.29) is 6.79 Å². The summed E-state index contributed by atoms with van der Waals surface area (Å²) in [5, 5.41) is 21.0. The van der Waals surface area contributed by atoms with Gasteiger partial charge in [-0.15, -0.1) is 0 Å². The molecule has 0 unspecified atom stereocenters. The Balaban J connectivity index is 2.08. The van der Waals surface area contributed by atoms with Crippen LogP contribution in [-0.2, 0) is 18.9 Å². The largest absolute Gasteiger partial charge is 0.388 e. The molecule has 0 aromatic heterocycles. The fraction of sp³-hybridized carbons (Fsp3) is 0.700. The zero-order chi connectivity index (χ0) is 20.0. The highest BCUT2D eigenvalue weighted by atomic mass is 28.3. The van der Waals surface area contributed by atoms with Gasteiger partial charge in [-0.3, -0.25) is 0 Å². The molecule has 1 heterocycles. The lowest BCUT2D eigenvalue weighted by Gasteiger charge is -2.43. The maximum atomic E-state index is 10.7. The predicted octanol–water partition coefficient (Wildman–Crippen LogP) is 2.58. The standard InChI is InChI=1S/C20H34O6Si/c1-14-16(21)19(23-2)17(22)20(26-14)18(15-9-7-6-8-10-15)25-13-24-11-12-27(3,4)5/h6-10,14,16-22H,11-13H2,1-5H3/t14-,16-,17+,18-,19-,20+/m1/s1. The first-order valence-corrected chi connectivity index (χ1v) is 13.2. The molecule has 1 fully saturated rings. The summed E-state index contributed by atoms with van der Waals surface area (Å²) in [6.07, 6.45) is -4.33. The van der Waals surface area contributed by atoms with E-state index in [1.807, 2.05) is 30.3 Å². The highest BCUT2D eigenvalue weighted by Crippen LogP contribution is 2.33. The van der Waals surface area contributed by atoms with Crippen molar-refractivity contribution in [2.75, 3.05) is 20.5 Å². The lowest BCUT2D eigenvalue weighted by molar-refractivity contribution is -0.259. The molecule has 7 heteroatoms. The van der Waals surface area contributed by atoms with Crippen LogP contribution in [0.3, 0.4) is 0 Å². The number of hydrogen-bond acceptors (Lipinski definition) is 6. The van der Waals surface area contributed by atoms with E-state index in [2.05, 4.69) is 19.6 Å². The molecule has 2 rings (SSSR count). The third-order valence-electron chi connectivity index (χ3n) is 4.89. The highest BCUT2D eigenvalue weighted by molar-refractivity contribution is 6.76. The van der Waals surface area contributed by atoms with Gasteiger partial charge in [-0.1, -0.05) is 50.0 Å². The van der Waals surface area contributed by atoms with E-state index in [1.54, 1.807) is 6.92 Å². The molecule has 1 aliphatic rings. The Bertz CT molecular complexity index is 549. The molecular weight excluding hydrogens is 364 g/mol. The Morgan fingerprint density at radius 2 is 1.78 bits per heavy atom. The van der Waals surface area contributed by atoms with Crippen LogP contribution in [0.5, 0.6) is 0 Å². The minimum atomic E-state index is -1.16. The van der Waals surface area contributed by atoms with Gasteiger partial charge >= 0.3 is 0 Å². The molecule has 0 bridgehead atoms. The van der Waals surface area contributed by atoms with Gasteiger partial charge in [0, 0.05) is 21.8 Å². The van der Waals surface area contributed by atoms with E-state index in [1.165, 1.54) is 7.11 Å². The summed E-state index contributed by atoms with van der Waals surface area (Å²) in [5.41, 5.74) is 0.883. The lowest BCUT2D eigenvalue weighted by Crippen LogP contribution is -2.59. The van der Waals surface area contributed by atoms with Gasteiger partial charge in [0.2, 0.25) is 0 Å². The van der Waals surface area contributed by atoms with Crippen LogP contribution in [0.4, 0.5) is 0 Å². The lowest BCUT2D eigenvalue weighted by atomic mass is 9.90. The van der Waals surface area contributed by atoms with Crippen LogP contribution < -0.4 is 0 Å². The molecule has 1 aromatic rings. The van der Waals surface area contributed by atoms with Crippen LogP contribution in [-0.4, -0.2) is 69.3 Å². The van der Waals surface area contributed by atoms with Crippen molar-refractivity contribution in [2.24, 2.45) is 0 Å². The average Bonchev–Trinajstić information content (AvgIpc) is 2.62. The number of benzene rings is 1. The van der Waals surface area contributed by atoms with Crippen LogP contribution in [0, 0.1) is 0 Å². The number of hydrogen-bond donors (Lipinski definition) is 2. The number of ether oxygens (including phenoxy) is 4. The van der Waals surface area contributed by atoms with Gasteiger partial charge in [-0.05, 0) is 18.5 Å². The van der Waals surface area contributed by atoms with Crippen molar-refractivity contribution in [2.45, 2.75) is 69.2 Å². The molecule has 154 valence electrons. The molecule has 27 heavy (non-hydrogen) atoms. The molecule has 6 nitrogen and oxygen atoms in total. The summed E-state index contributed by atoms with van der Waals surface area (Å²) in [4.78, 5) is 0. The van der Waals surface area contributed by atoms with Gasteiger partial charge in [0.15, 0.2) is 0 Å². The summed E-state index contributed by atoms with van der Waals surface area (Å²) in [5.74, 6) is 0. The summed E-state index contributed by atoms with van der Waals surface area (Å²) in [7, 11) is 0.314. The molecule has 2 N–H and O–H groups in total. The molecule has 0 spiro atoms. The maximum absolute atomic E-state index is 10.7. The van der Waals surface area contributed by atoms with Gasteiger partial charge in [-0.25, -0.2) is 0 Å². The van der Waals surface area contributed by atoms with Gasteiger partial charge in [-0.2, -0.15) is 0 Å².